The molecule has 0 bridgehead atoms. The monoisotopic (exact) mass is 254 g/mol. The summed E-state index contributed by atoms with van der Waals surface area (Å²) in [4.78, 5) is 22.7. The van der Waals surface area contributed by atoms with Crippen LogP contribution in [0.15, 0.2) is 33.7 Å². The highest BCUT2D eigenvalue weighted by molar-refractivity contribution is 7.90. The molecule has 9 heteroatoms. The van der Waals surface area contributed by atoms with Gasteiger partial charge in [0.1, 0.15) is 0 Å². The lowest BCUT2D eigenvalue weighted by atomic mass is 10.3. The molecule has 17 heavy (non-hydrogen) atoms. The first-order chi connectivity index (χ1) is 7.99. The van der Waals surface area contributed by atoms with Crippen LogP contribution in [-0.4, -0.2) is 20.6 Å². The molecule has 1 aromatic carbocycles. The van der Waals surface area contributed by atoms with Crippen LogP contribution in [-0.2, 0) is 19.6 Å². The first-order valence-corrected chi connectivity index (χ1v) is 5.61. The highest BCUT2D eigenvalue weighted by Gasteiger charge is 2.11. The lowest BCUT2D eigenvalue weighted by Gasteiger charge is -2.01. The topological polar surface area (TPSA) is 129 Å². The fourth-order valence-electron chi connectivity index (χ4n) is 0.977. The van der Waals surface area contributed by atoms with Crippen LogP contribution in [0.4, 0.5) is 5.69 Å². The van der Waals surface area contributed by atoms with Crippen LogP contribution in [0.5, 0.6) is 0 Å². The van der Waals surface area contributed by atoms with Crippen molar-refractivity contribution in [3.05, 3.63) is 34.7 Å². The number of amides is 1. The van der Waals surface area contributed by atoms with Crippen LogP contribution in [0.1, 0.15) is 0 Å². The summed E-state index contributed by atoms with van der Waals surface area (Å²) in [7, 11) is -4.04. The second-order valence-electron chi connectivity index (χ2n) is 2.78. The largest absolute Gasteiger partial charge is 0.320 e. The summed E-state index contributed by atoms with van der Waals surface area (Å²) in [6, 6.07) is 4.82. The number of rotatable bonds is 4. The third-order valence-electron chi connectivity index (χ3n) is 1.67. The molecule has 0 saturated heterocycles. The second kappa shape index (κ2) is 5.10. The van der Waals surface area contributed by atoms with E-state index in [1.54, 1.807) is 0 Å². The molecular formula is C8H6N4O4S. The number of nitrogens with zero attached hydrogens (tertiary/aromatic N) is 3. The molecule has 1 N–H and O–H groups in total. The summed E-state index contributed by atoms with van der Waals surface area (Å²) < 4.78 is 25.2. The number of hydrogen-bond acceptors (Lipinski definition) is 4. The zero-order chi connectivity index (χ0) is 12.9. The minimum absolute atomic E-state index is 0.0879. The molecule has 0 spiro atoms. The van der Waals surface area contributed by atoms with Gasteiger partial charge < -0.3 is 5.32 Å². The SMILES string of the molecule is [N-]=[N+]=NS(=O)(=O)c1ccc(NC(=O)C=O)cc1. The zero-order valence-corrected chi connectivity index (χ0v) is 9.09. The van der Waals surface area contributed by atoms with E-state index in [1.807, 2.05) is 0 Å². The number of hydrogen-bond donors (Lipinski definition) is 1. The van der Waals surface area contributed by atoms with Gasteiger partial charge in [-0.05, 0) is 29.8 Å². The average Bonchev–Trinajstić information content (AvgIpc) is 2.29. The van der Waals surface area contributed by atoms with Crippen molar-refractivity contribution in [2.45, 2.75) is 4.90 Å². The van der Waals surface area contributed by atoms with Gasteiger partial charge in [-0.25, -0.2) is 8.42 Å². The van der Waals surface area contributed by atoms with Crippen LogP contribution in [0, 0.1) is 0 Å². The maximum absolute atomic E-state index is 11.3. The quantitative estimate of drug-likeness (QED) is 0.280. The Morgan fingerprint density at radius 3 is 2.41 bits per heavy atom. The molecule has 0 aromatic heterocycles. The van der Waals surface area contributed by atoms with Crippen LogP contribution in [0.2, 0.25) is 0 Å². The van der Waals surface area contributed by atoms with Gasteiger partial charge in [-0.1, -0.05) is 0 Å². The first kappa shape index (κ1) is 12.7. The number of aldehydes is 1. The first-order valence-electron chi connectivity index (χ1n) is 4.17. The lowest BCUT2D eigenvalue weighted by Crippen LogP contribution is -2.12. The Morgan fingerprint density at radius 1 is 1.35 bits per heavy atom. The van der Waals surface area contributed by atoms with Gasteiger partial charge in [-0.15, -0.1) is 0 Å². The summed E-state index contributed by atoms with van der Waals surface area (Å²) in [5.41, 5.74) is 8.30. The smallest absolute Gasteiger partial charge is 0.288 e. The van der Waals surface area contributed by atoms with Crippen molar-refractivity contribution in [1.29, 1.82) is 0 Å². The van der Waals surface area contributed by atoms with E-state index >= 15 is 0 Å². The number of carbonyl (C=O) groups is 2. The molecule has 1 aromatic rings. The molecule has 0 heterocycles. The molecule has 0 aliphatic rings. The van der Waals surface area contributed by atoms with Crippen molar-refractivity contribution in [2.24, 2.45) is 4.52 Å². The molecule has 0 unspecified atom stereocenters. The lowest BCUT2D eigenvalue weighted by molar-refractivity contribution is -0.127. The van der Waals surface area contributed by atoms with Gasteiger partial charge in [0.25, 0.3) is 15.9 Å². The summed E-state index contributed by atoms with van der Waals surface area (Å²) in [5.74, 6) is -0.851. The number of anilines is 1. The molecular weight excluding hydrogens is 248 g/mol. The van der Waals surface area contributed by atoms with Crippen molar-refractivity contribution in [2.75, 3.05) is 5.32 Å². The van der Waals surface area contributed by atoms with E-state index < -0.39 is 15.9 Å². The van der Waals surface area contributed by atoms with Crippen molar-refractivity contribution in [1.82, 2.24) is 0 Å². The van der Waals surface area contributed by atoms with E-state index in [-0.39, 0.29) is 16.9 Å². The fraction of sp³-hybridized carbons (Fsp3) is 0. The minimum atomic E-state index is -4.04. The number of carbonyl (C=O) groups excluding carboxylic acids is 2. The Morgan fingerprint density at radius 2 is 1.94 bits per heavy atom. The Kier molecular flexibility index (Phi) is 3.81. The molecule has 88 valence electrons. The second-order valence-corrected chi connectivity index (χ2v) is 4.36. The van der Waals surface area contributed by atoms with E-state index in [9.17, 15) is 18.0 Å². The standard InChI is InChI=1S/C8H6N4O4S/c9-11-12-17(15,16)7-3-1-6(2-4-7)10-8(14)5-13/h1-5H,(H,10,14). The molecule has 0 aliphatic heterocycles. The normalized spacial score (nSPS) is 10.1. The molecule has 0 aliphatic carbocycles. The summed E-state index contributed by atoms with van der Waals surface area (Å²) >= 11 is 0. The van der Waals surface area contributed by atoms with Gasteiger partial charge in [0, 0.05) is 15.1 Å². The van der Waals surface area contributed by atoms with Crippen LogP contribution >= 0.6 is 0 Å². The average molecular weight is 254 g/mol. The van der Waals surface area contributed by atoms with Crippen molar-refractivity contribution in [3.8, 4) is 0 Å². The van der Waals surface area contributed by atoms with Crippen LogP contribution < -0.4 is 5.32 Å². The number of sulfonamides is 1. The van der Waals surface area contributed by atoms with Gasteiger partial charge in [-0.2, -0.15) is 0 Å². The maximum Gasteiger partial charge on any atom is 0.288 e. The van der Waals surface area contributed by atoms with Crippen LogP contribution in [0.25, 0.3) is 10.4 Å². The van der Waals surface area contributed by atoms with E-state index in [2.05, 4.69) is 14.7 Å². The van der Waals surface area contributed by atoms with E-state index in [1.165, 1.54) is 12.1 Å². The summed E-state index contributed by atoms with van der Waals surface area (Å²) in [6.45, 7) is 0. The fourth-order valence-corrected chi connectivity index (χ4v) is 1.65. The molecule has 1 rings (SSSR count). The molecule has 1 amide bonds. The third-order valence-corrected chi connectivity index (χ3v) is 2.83. The summed E-state index contributed by atoms with van der Waals surface area (Å²) in [6.07, 6.45) is 0.0879. The molecule has 0 radical (unpaired) electrons. The molecule has 8 nitrogen and oxygen atoms in total. The number of benzene rings is 1. The summed E-state index contributed by atoms with van der Waals surface area (Å²) in [5, 5.41) is 2.20. The Labute approximate surface area is 95.9 Å². The molecule has 0 saturated carbocycles. The maximum atomic E-state index is 11.3. The zero-order valence-electron chi connectivity index (χ0n) is 8.27. The Bertz CT molecular complexity index is 586. The predicted octanol–water partition coefficient (Wildman–Crippen LogP) is 0.823. The predicted molar refractivity (Wildman–Crippen MR) is 57.5 cm³/mol. The number of nitrogens with one attached hydrogen (secondary N) is 1. The minimum Gasteiger partial charge on any atom is -0.320 e. The van der Waals surface area contributed by atoms with Gasteiger partial charge in [-0.3, -0.25) is 9.59 Å². The van der Waals surface area contributed by atoms with Gasteiger partial charge in [0.15, 0.2) is 0 Å². The Hall–Kier alpha value is -2.38. The van der Waals surface area contributed by atoms with Crippen molar-refractivity contribution >= 4 is 27.9 Å². The van der Waals surface area contributed by atoms with E-state index in [0.29, 0.717) is 0 Å². The van der Waals surface area contributed by atoms with Crippen LogP contribution in [0.3, 0.4) is 0 Å². The highest BCUT2D eigenvalue weighted by Crippen LogP contribution is 2.16. The van der Waals surface area contributed by atoms with Gasteiger partial charge in [0.05, 0.1) is 4.90 Å². The van der Waals surface area contributed by atoms with E-state index in [4.69, 9.17) is 5.53 Å². The molecule has 0 fully saturated rings. The Balaban J connectivity index is 3.00. The third kappa shape index (κ3) is 3.30. The number of azide groups is 1. The van der Waals surface area contributed by atoms with E-state index in [0.717, 1.165) is 12.1 Å². The highest BCUT2D eigenvalue weighted by atomic mass is 32.2. The van der Waals surface area contributed by atoms with Crippen molar-refractivity contribution in [3.63, 3.8) is 0 Å². The van der Waals surface area contributed by atoms with Gasteiger partial charge >= 0.3 is 0 Å². The van der Waals surface area contributed by atoms with Crippen molar-refractivity contribution < 1.29 is 18.0 Å². The molecule has 0 atom stereocenters. The van der Waals surface area contributed by atoms with Gasteiger partial charge in [0.2, 0.25) is 6.29 Å².